The first-order valence-corrected chi connectivity index (χ1v) is 6.37. The molecular formula is C15H16ClNO. The van der Waals surface area contributed by atoms with Gasteiger partial charge >= 0.3 is 0 Å². The molecule has 0 fully saturated rings. The molecule has 0 bridgehead atoms. The molecule has 0 atom stereocenters. The van der Waals surface area contributed by atoms with E-state index in [1.54, 1.807) is 0 Å². The molecular weight excluding hydrogens is 246 g/mol. The first-order chi connectivity index (χ1) is 8.81. The highest BCUT2D eigenvalue weighted by Gasteiger charge is 2.05. The third-order valence-corrected chi connectivity index (χ3v) is 2.90. The molecule has 0 saturated carbocycles. The largest absolute Gasteiger partial charge is 0.493 e. The molecule has 0 amide bonds. The number of rotatable bonds is 5. The third kappa shape index (κ3) is 3.25. The number of nitrogens with two attached hydrogens (primary N) is 1. The van der Waals surface area contributed by atoms with Crippen LogP contribution in [0.5, 0.6) is 5.75 Å². The summed E-state index contributed by atoms with van der Waals surface area (Å²) in [4.78, 5) is 0. The lowest BCUT2D eigenvalue weighted by atomic mass is 10.0. The predicted octanol–water partition coefficient (Wildman–Crippen LogP) is 3.73. The Bertz CT molecular complexity index is 496. The van der Waals surface area contributed by atoms with E-state index in [-0.39, 0.29) is 0 Å². The second-order valence-corrected chi connectivity index (χ2v) is 4.43. The van der Waals surface area contributed by atoms with Crippen molar-refractivity contribution in [1.82, 2.24) is 0 Å². The lowest BCUT2D eigenvalue weighted by molar-refractivity contribution is 0.314. The fourth-order valence-electron chi connectivity index (χ4n) is 1.73. The first-order valence-electron chi connectivity index (χ1n) is 5.99. The third-order valence-electron chi connectivity index (χ3n) is 2.65. The summed E-state index contributed by atoms with van der Waals surface area (Å²) in [7, 11) is 0. The van der Waals surface area contributed by atoms with E-state index in [0.717, 1.165) is 28.3 Å². The SMILES string of the molecule is NCCCOc1ccccc1-c1ccc(Cl)cc1. The summed E-state index contributed by atoms with van der Waals surface area (Å²) in [5.41, 5.74) is 7.64. The molecule has 2 nitrogen and oxygen atoms in total. The summed E-state index contributed by atoms with van der Waals surface area (Å²) in [5, 5.41) is 0.736. The van der Waals surface area contributed by atoms with Crippen molar-refractivity contribution >= 4 is 11.6 Å². The van der Waals surface area contributed by atoms with Crippen LogP contribution < -0.4 is 10.5 Å². The van der Waals surface area contributed by atoms with E-state index in [0.29, 0.717) is 13.2 Å². The molecule has 2 rings (SSSR count). The maximum Gasteiger partial charge on any atom is 0.127 e. The molecule has 3 heteroatoms. The predicted molar refractivity (Wildman–Crippen MR) is 76.1 cm³/mol. The van der Waals surface area contributed by atoms with Crippen molar-refractivity contribution in [2.45, 2.75) is 6.42 Å². The summed E-state index contributed by atoms with van der Waals surface area (Å²) < 4.78 is 5.75. The van der Waals surface area contributed by atoms with Crippen LogP contribution in [0, 0.1) is 0 Å². The Hall–Kier alpha value is -1.51. The number of para-hydroxylation sites is 1. The molecule has 0 radical (unpaired) electrons. The quantitative estimate of drug-likeness (QED) is 0.833. The van der Waals surface area contributed by atoms with Gasteiger partial charge in [-0.2, -0.15) is 0 Å². The molecule has 0 heterocycles. The van der Waals surface area contributed by atoms with Gasteiger partial charge in [0.1, 0.15) is 5.75 Å². The van der Waals surface area contributed by atoms with Crippen molar-refractivity contribution in [3.05, 3.63) is 53.6 Å². The molecule has 0 aliphatic heterocycles. The summed E-state index contributed by atoms with van der Waals surface area (Å²) in [6.45, 7) is 1.28. The number of hydrogen-bond donors (Lipinski definition) is 1. The molecule has 2 aromatic carbocycles. The fraction of sp³-hybridized carbons (Fsp3) is 0.200. The number of benzene rings is 2. The molecule has 94 valence electrons. The Balaban J connectivity index is 2.23. The van der Waals surface area contributed by atoms with Crippen molar-refractivity contribution < 1.29 is 4.74 Å². The minimum atomic E-state index is 0.640. The average Bonchev–Trinajstić information content (AvgIpc) is 2.41. The zero-order valence-corrected chi connectivity index (χ0v) is 10.9. The lowest BCUT2D eigenvalue weighted by Gasteiger charge is -2.11. The van der Waals surface area contributed by atoms with Crippen LogP contribution in [0.2, 0.25) is 5.02 Å². The summed E-state index contributed by atoms with van der Waals surface area (Å²) >= 11 is 5.90. The summed E-state index contributed by atoms with van der Waals surface area (Å²) in [6.07, 6.45) is 0.856. The van der Waals surface area contributed by atoms with Crippen LogP contribution >= 0.6 is 11.6 Å². The second kappa shape index (κ2) is 6.43. The monoisotopic (exact) mass is 261 g/mol. The van der Waals surface area contributed by atoms with Gasteiger partial charge in [-0.1, -0.05) is 41.9 Å². The molecule has 0 aliphatic rings. The van der Waals surface area contributed by atoms with Gasteiger partial charge in [-0.05, 0) is 36.7 Å². The summed E-state index contributed by atoms with van der Waals surface area (Å²) in [6, 6.07) is 15.7. The zero-order valence-electron chi connectivity index (χ0n) is 10.1. The van der Waals surface area contributed by atoms with E-state index in [1.165, 1.54) is 0 Å². The van der Waals surface area contributed by atoms with Gasteiger partial charge in [-0.3, -0.25) is 0 Å². The Labute approximate surface area is 112 Å². The Morgan fingerprint density at radius 3 is 2.44 bits per heavy atom. The maximum atomic E-state index is 5.90. The Morgan fingerprint density at radius 2 is 1.72 bits per heavy atom. The molecule has 0 saturated heterocycles. The van der Waals surface area contributed by atoms with Gasteiger partial charge in [-0.25, -0.2) is 0 Å². The van der Waals surface area contributed by atoms with Crippen LogP contribution in [0.1, 0.15) is 6.42 Å². The molecule has 18 heavy (non-hydrogen) atoms. The van der Waals surface area contributed by atoms with Crippen LogP contribution in [0.15, 0.2) is 48.5 Å². The van der Waals surface area contributed by atoms with Gasteiger partial charge in [0.25, 0.3) is 0 Å². The van der Waals surface area contributed by atoms with Crippen LogP contribution in [0.25, 0.3) is 11.1 Å². The van der Waals surface area contributed by atoms with Crippen LogP contribution in [0.4, 0.5) is 0 Å². The van der Waals surface area contributed by atoms with E-state index in [1.807, 2.05) is 48.5 Å². The topological polar surface area (TPSA) is 35.2 Å². The van der Waals surface area contributed by atoms with Gasteiger partial charge in [0, 0.05) is 10.6 Å². The highest BCUT2D eigenvalue weighted by atomic mass is 35.5. The first kappa shape index (κ1) is 12.9. The minimum Gasteiger partial charge on any atom is -0.493 e. The minimum absolute atomic E-state index is 0.640. The van der Waals surface area contributed by atoms with Crippen molar-refractivity contribution in [2.75, 3.05) is 13.2 Å². The Morgan fingerprint density at radius 1 is 1.00 bits per heavy atom. The molecule has 2 N–H and O–H groups in total. The normalized spacial score (nSPS) is 10.3. The second-order valence-electron chi connectivity index (χ2n) is 3.99. The molecule has 0 aromatic heterocycles. The maximum absolute atomic E-state index is 5.90. The van der Waals surface area contributed by atoms with E-state index < -0.39 is 0 Å². The standard InChI is InChI=1S/C15H16ClNO/c16-13-8-6-12(7-9-13)14-4-1-2-5-15(14)18-11-3-10-17/h1-2,4-9H,3,10-11,17H2. The number of halogens is 1. The van der Waals surface area contributed by atoms with Crippen molar-refractivity contribution in [2.24, 2.45) is 5.73 Å². The van der Waals surface area contributed by atoms with Gasteiger partial charge in [0.05, 0.1) is 6.61 Å². The van der Waals surface area contributed by atoms with Crippen molar-refractivity contribution in [3.63, 3.8) is 0 Å². The Kier molecular flexibility index (Phi) is 4.62. The van der Waals surface area contributed by atoms with E-state index >= 15 is 0 Å². The van der Waals surface area contributed by atoms with Crippen molar-refractivity contribution in [3.8, 4) is 16.9 Å². The fourth-order valence-corrected chi connectivity index (χ4v) is 1.85. The molecule has 0 spiro atoms. The molecule has 0 unspecified atom stereocenters. The van der Waals surface area contributed by atoms with Crippen LogP contribution in [-0.4, -0.2) is 13.2 Å². The van der Waals surface area contributed by atoms with Crippen LogP contribution in [0.3, 0.4) is 0 Å². The van der Waals surface area contributed by atoms with Gasteiger partial charge in [0.2, 0.25) is 0 Å². The number of hydrogen-bond acceptors (Lipinski definition) is 2. The van der Waals surface area contributed by atoms with Gasteiger partial charge in [0.15, 0.2) is 0 Å². The van der Waals surface area contributed by atoms with Crippen molar-refractivity contribution in [1.29, 1.82) is 0 Å². The summed E-state index contributed by atoms with van der Waals surface area (Å²) in [5.74, 6) is 0.883. The average molecular weight is 262 g/mol. The van der Waals surface area contributed by atoms with E-state index in [2.05, 4.69) is 0 Å². The number of ether oxygens (including phenoxy) is 1. The highest BCUT2D eigenvalue weighted by molar-refractivity contribution is 6.30. The van der Waals surface area contributed by atoms with Gasteiger partial charge in [-0.15, -0.1) is 0 Å². The zero-order chi connectivity index (χ0) is 12.8. The molecule has 2 aromatic rings. The van der Waals surface area contributed by atoms with Crippen LogP contribution in [-0.2, 0) is 0 Å². The smallest absolute Gasteiger partial charge is 0.127 e. The van der Waals surface area contributed by atoms with Gasteiger partial charge < -0.3 is 10.5 Å². The van der Waals surface area contributed by atoms with E-state index in [9.17, 15) is 0 Å². The van der Waals surface area contributed by atoms with E-state index in [4.69, 9.17) is 22.1 Å². The lowest BCUT2D eigenvalue weighted by Crippen LogP contribution is -2.06. The molecule has 0 aliphatic carbocycles. The highest BCUT2D eigenvalue weighted by Crippen LogP contribution is 2.30.